The van der Waals surface area contributed by atoms with Crippen LogP contribution in [-0.4, -0.2) is 18.9 Å². The molecule has 0 spiro atoms. The standard InChI is InChI=1S/C22H19F2NO3S/c1-11-19(22(27)28-2)20(12-5-6-14(23)15(24)8-12)21-16(25-11)9-13(10-17(21)26)18-4-3-7-29-18/h3-8,13,19-20,25H,1,9-10H2,2H3. The fraction of sp³-hybridized carbons (Fsp3) is 0.273. The molecule has 4 rings (SSSR count). The Morgan fingerprint density at radius 3 is 2.69 bits per heavy atom. The van der Waals surface area contributed by atoms with Gasteiger partial charge >= 0.3 is 5.97 Å². The van der Waals surface area contributed by atoms with Crippen LogP contribution in [-0.2, 0) is 14.3 Å². The molecule has 2 aromatic rings. The van der Waals surface area contributed by atoms with Crippen molar-refractivity contribution in [2.24, 2.45) is 5.92 Å². The number of carbonyl (C=O) groups excluding carboxylic acids is 2. The number of ether oxygens (including phenoxy) is 1. The molecule has 7 heteroatoms. The van der Waals surface area contributed by atoms with Crippen LogP contribution in [0.1, 0.15) is 35.1 Å². The predicted molar refractivity (Wildman–Crippen MR) is 105 cm³/mol. The molecule has 1 aromatic heterocycles. The Hall–Kier alpha value is -2.80. The molecule has 0 bridgehead atoms. The molecule has 0 saturated heterocycles. The quantitative estimate of drug-likeness (QED) is 0.755. The van der Waals surface area contributed by atoms with Crippen LogP contribution in [0.3, 0.4) is 0 Å². The molecule has 2 heterocycles. The Labute approximate surface area is 170 Å². The maximum absolute atomic E-state index is 14.0. The summed E-state index contributed by atoms with van der Waals surface area (Å²) in [5.74, 6) is -4.38. The van der Waals surface area contributed by atoms with Gasteiger partial charge in [-0.2, -0.15) is 0 Å². The topological polar surface area (TPSA) is 55.4 Å². The van der Waals surface area contributed by atoms with Crippen LogP contribution < -0.4 is 5.32 Å². The molecule has 1 N–H and O–H groups in total. The summed E-state index contributed by atoms with van der Waals surface area (Å²) in [7, 11) is 1.25. The van der Waals surface area contributed by atoms with E-state index in [0.717, 1.165) is 17.0 Å². The fourth-order valence-electron chi connectivity index (χ4n) is 4.24. The largest absolute Gasteiger partial charge is 0.468 e. The van der Waals surface area contributed by atoms with Crippen molar-refractivity contribution in [2.75, 3.05) is 7.11 Å². The number of allylic oxidation sites excluding steroid dienone is 2. The molecular weight excluding hydrogens is 396 g/mol. The molecular formula is C22H19F2NO3S. The van der Waals surface area contributed by atoms with Gasteiger partial charge in [0.25, 0.3) is 0 Å². The number of rotatable bonds is 3. The van der Waals surface area contributed by atoms with Gasteiger partial charge in [-0.25, -0.2) is 8.78 Å². The Morgan fingerprint density at radius 2 is 2.03 bits per heavy atom. The van der Waals surface area contributed by atoms with Crippen molar-refractivity contribution in [3.8, 4) is 0 Å². The summed E-state index contributed by atoms with van der Waals surface area (Å²) < 4.78 is 32.4. The van der Waals surface area contributed by atoms with E-state index < -0.39 is 29.4 Å². The molecule has 0 radical (unpaired) electrons. The first-order valence-electron chi connectivity index (χ1n) is 9.19. The predicted octanol–water partition coefficient (Wildman–Crippen LogP) is 4.42. The zero-order chi connectivity index (χ0) is 20.7. The zero-order valence-corrected chi connectivity index (χ0v) is 16.5. The van der Waals surface area contributed by atoms with E-state index in [-0.39, 0.29) is 11.7 Å². The maximum Gasteiger partial charge on any atom is 0.315 e. The average Bonchev–Trinajstić information content (AvgIpc) is 3.23. The molecule has 2 aliphatic rings. The number of methoxy groups -OCH3 is 1. The molecule has 150 valence electrons. The molecule has 1 aliphatic carbocycles. The van der Waals surface area contributed by atoms with E-state index in [0.29, 0.717) is 35.4 Å². The molecule has 0 saturated carbocycles. The highest BCUT2D eigenvalue weighted by Crippen LogP contribution is 2.47. The highest BCUT2D eigenvalue weighted by atomic mass is 32.1. The molecule has 1 aliphatic heterocycles. The third-order valence-electron chi connectivity index (χ3n) is 5.54. The summed E-state index contributed by atoms with van der Waals surface area (Å²) in [6.45, 7) is 3.96. The van der Waals surface area contributed by atoms with Gasteiger partial charge in [0.05, 0.1) is 7.11 Å². The van der Waals surface area contributed by atoms with Crippen molar-refractivity contribution in [3.05, 3.63) is 81.3 Å². The van der Waals surface area contributed by atoms with Crippen LogP contribution >= 0.6 is 11.3 Å². The van der Waals surface area contributed by atoms with Gasteiger partial charge in [0.1, 0.15) is 5.92 Å². The lowest BCUT2D eigenvalue weighted by molar-refractivity contribution is -0.144. The molecule has 3 atom stereocenters. The van der Waals surface area contributed by atoms with Crippen molar-refractivity contribution < 1.29 is 23.1 Å². The second-order valence-corrected chi connectivity index (χ2v) is 8.22. The maximum atomic E-state index is 14.0. The van der Waals surface area contributed by atoms with Gasteiger partial charge in [-0.3, -0.25) is 9.59 Å². The van der Waals surface area contributed by atoms with Crippen LogP contribution in [0.4, 0.5) is 8.78 Å². The first-order valence-corrected chi connectivity index (χ1v) is 10.1. The SMILES string of the molecule is C=C1NC2=C(C(=O)CC(c3cccs3)C2)C(c2ccc(F)c(F)c2)C1C(=O)OC. The van der Waals surface area contributed by atoms with Gasteiger partial charge in [0.2, 0.25) is 0 Å². The second-order valence-electron chi connectivity index (χ2n) is 7.24. The van der Waals surface area contributed by atoms with Gasteiger partial charge in [0.15, 0.2) is 17.4 Å². The summed E-state index contributed by atoms with van der Waals surface area (Å²) in [4.78, 5) is 26.8. The van der Waals surface area contributed by atoms with Crippen molar-refractivity contribution in [3.63, 3.8) is 0 Å². The third kappa shape index (κ3) is 3.40. The molecule has 0 amide bonds. The minimum atomic E-state index is -1.03. The second kappa shape index (κ2) is 7.55. The monoisotopic (exact) mass is 415 g/mol. The van der Waals surface area contributed by atoms with E-state index in [4.69, 9.17) is 4.74 Å². The van der Waals surface area contributed by atoms with E-state index >= 15 is 0 Å². The van der Waals surface area contributed by atoms with Gasteiger partial charge < -0.3 is 10.1 Å². The number of halogens is 2. The highest BCUT2D eigenvalue weighted by molar-refractivity contribution is 7.10. The molecule has 1 aromatic carbocycles. The minimum absolute atomic E-state index is 0.0295. The lowest BCUT2D eigenvalue weighted by atomic mass is 9.69. The van der Waals surface area contributed by atoms with Gasteiger partial charge in [0, 0.05) is 40.1 Å². The van der Waals surface area contributed by atoms with E-state index in [1.54, 1.807) is 11.3 Å². The lowest BCUT2D eigenvalue weighted by Crippen LogP contribution is -2.42. The van der Waals surface area contributed by atoms with Crippen LogP contribution in [0, 0.1) is 17.6 Å². The minimum Gasteiger partial charge on any atom is -0.468 e. The van der Waals surface area contributed by atoms with Gasteiger partial charge in [-0.05, 0) is 35.6 Å². The number of benzene rings is 1. The molecule has 0 fully saturated rings. The van der Waals surface area contributed by atoms with Crippen LogP contribution in [0.5, 0.6) is 0 Å². The highest BCUT2D eigenvalue weighted by Gasteiger charge is 2.45. The van der Waals surface area contributed by atoms with E-state index in [9.17, 15) is 18.4 Å². The fourth-order valence-corrected chi connectivity index (χ4v) is 5.08. The van der Waals surface area contributed by atoms with Crippen LogP contribution in [0.25, 0.3) is 0 Å². The third-order valence-corrected chi connectivity index (χ3v) is 6.58. The van der Waals surface area contributed by atoms with E-state index in [1.165, 1.54) is 13.2 Å². The smallest absolute Gasteiger partial charge is 0.315 e. The number of carbonyl (C=O) groups is 2. The number of hydrogen-bond donors (Lipinski definition) is 1. The summed E-state index contributed by atoms with van der Waals surface area (Å²) in [5.41, 5.74) is 1.83. The Bertz CT molecular complexity index is 1030. The molecule has 3 unspecified atom stereocenters. The van der Waals surface area contributed by atoms with Gasteiger partial charge in [-0.15, -0.1) is 11.3 Å². The zero-order valence-electron chi connectivity index (χ0n) is 15.7. The first kappa shape index (κ1) is 19.5. The van der Waals surface area contributed by atoms with Crippen molar-refractivity contribution in [1.82, 2.24) is 5.32 Å². The average molecular weight is 415 g/mol. The number of nitrogens with one attached hydrogen (secondary N) is 1. The number of esters is 1. The normalized spacial score (nSPS) is 24.2. The number of hydrogen-bond acceptors (Lipinski definition) is 5. The summed E-state index contributed by atoms with van der Waals surface area (Å²) >= 11 is 1.59. The Morgan fingerprint density at radius 1 is 1.24 bits per heavy atom. The first-order chi connectivity index (χ1) is 13.9. The van der Waals surface area contributed by atoms with Crippen LogP contribution in [0.15, 0.2) is 59.3 Å². The number of thiophene rings is 1. The van der Waals surface area contributed by atoms with Crippen molar-refractivity contribution in [2.45, 2.75) is 24.7 Å². The molecule has 4 nitrogen and oxygen atoms in total. The lowest BCUT2D eigenvalue weighted by Gasteiger charge is -2.39. The summed E-state index contributed by atoms with van der Waals surface area (Å²) in [6.07, 6.45) is 0.871. The van der Waals surface area contributed by atoms with E-state index in [2.05, 4.69) is 11.9 Å². The van der Waals surface area contributed by atoms with Crippen molar-refractivity contribution in [1.29, 1.82) is 0 Å². The summed E-state index contributed by atoms with van der Waals surface area (Å²) in [5, 5.41) is 5.10. The van der Waals surface area contributed by atoms with Crippen LogP contribution in [0.2, 0.25) is 0 Å². The van der Waals surface area contributed by atoms with Crippen molar-refractivity contribution >= 4 is 23.1 Å². The Balaban J connectivity index is 1.84. The van der Waals surface area contributed by atoms with Gasteiger partial charge in [-0.1, -0.05) is 18.7 Å². The Kier molecular flexibility index (Phi) is 5.08. The van der Waals surface area contributed by atoms with E-state index in [1.807, 2.05) is 17.5 Å². The number of Topliss-reactive ketones (excluding diaryl/α,β-unsaturated/α-hetero) is 1. The number of ketones is 1. The summed E-state index contributed by atoms with van der Waals surface area (Å²) in [6, 6.07) is 7.39. The molecule has 29 heavy (non-hydrogen) atoms.